The largest absolute Gasteiger partial charge is 0.496 e. The Bertz CT molecular complexity index is 797. The molecule has 1 heterocycles. The molecule has 0 bridgehead atoms. The molecule has 1 aromatic heterocycles. The van der Waals surface area contributed by atoms with Crippen LogP contribution >= 0.6 is 11.3 Å². The lowest BCUT2D eigenvalue weighted by atomic mass is 10.0. The van der Waals surface area contributed by atoms with Gasteiger partial charge in [0, 0.05) is 6.54 Å². The highest BCUT2D eigenvalue weighted by molar-refractivity contribution is 7.08. The number of carbonyl (C=O) groups excluding carboxylic acids is 1. The molecule has 116 valence electrons. The first-order valence-electron chi connectivity index (χ1n) is 7.31. The van der Waals surface area contributed by atoms with Gasteiger partial charge in [0.2, 0.25) is 0 Å². The van der Waals surface area contributed by atoms with Gasteiger partial charge in [0.05, 0.1) is 12.7 Å². The van der Waals surface area contributed by atoms with Crippen molar-refractivity contribution in [2.24, 2.45) is 0 Å². The summed E-state index contributed by atoms with van der Waals surface area (Å²) in [5.41, 5.74) is 3.96. The summed E-state index contributed by atoms with van der Waals surface area (Å²) in [6.45, 7) is 0.475. The van der Waals surface area contributed by atoms with Crippen molar-refractivity contribution in [3.63, 3.8) is 0 Å². The van der Waals surface area contributed by atoms with E-state index in [0.29, 0.717) is 17.9 Å². The van der Waals surface area contributed by atoms with Crippen molar-refractivity contribution in [1.82, 2.24) is 5.32 Å². The number of hydrogen-bond acceptors (Lipinski definition) is 3. The predicted molar refractivity (Wildman–Crippen MR) is 93.9 cm³/mol. The SMILES string of the molecule is COc1ccccc1C(=O)NCc1ccccc1-c1ccsc1. The molecule has 2 aromatic carbocycles. The Labute approximate surface area is 139 Å². The van der Waals surface area contributed by atoms with Crippen molar-refractivity contribution in [3.05, 3.63) is 76.5 Å². The van der Waals surface area contributed by atoms with E-state index in [1.165, 1.54) is 5.56 Å². The third-order valence-electron chi connectivity index (χ3n) is 3.64. The van der Waals surface area contributed by atoms with Gasteiger partial charge >= 0.3 is 0 Å². The molecule has 4 heteroatoms. The average molecular weight is 323 g/mol. The molecular weight excluding hydrogens is 306 g/mol. The monoisotopic (exact) mass is 323 g/mol. The molecule has 0 aliphatic heterocycles. The zero-order valence-corrected chi connectivity index (χ0v) is 13.6. The van der Waals surface area contributed by atoms with Crippen molar-refractivity contribution in [2.75, 3.05) is 7.11 Å². The Morgan fingerprint density at radius 1 is 1.09 bits per heavy atom. The van der Waals surface area contributed by atoms with Gasteiger partial charge in [-0.25, -0.2) is 0 Å². The van der Waals surface area contributed by atoms with Crippen molar-refractivity contribution >= 4 is 17.2 Å². The second-order valence-corrected chi connectivity index (χ2v) is 5.83. The fourth-order valence-corrected chi connectivity index (χ4v) is 3.13. The number of para-hydroxylation sites is 1. The molecule has 0 saturated carbocycles. The van der Waals surface area contributed by atoms with Crippen LogP contribution in [0.3, 0.4) is 0 Å². The van der Waals surface area contributed by atoms with Crippen LogP contribution in [0, 0.1) is 0 Å². The number of carbonyl (C=O) groups is 1. The highest BCUT2D eigenvalue weighted by atomic mass is 32.1. The van der Waals surface area contributed by atoms with Crippen LogP contribution in [0.5, 0.6) is 5.75 Å². The number of hydrogen-bond donors (Lipinski definition) is 1. The molecule has 0 aliphatic rings. The fraction of sp³-hybridized carbons (Fsp3) is 0.105. The Hall–Kier alpha value is -2.59. The van der Waals surface area contributed by atoms with E-state index in [2.05, 4.69) is 28.2 Å². The second-order valence-electron chi connectivity index (χ2n) is 5.05. The molecule has 1 N–H and O–H groups in total. The van der Waals surface area contributed by atoms with Crippen LogP contribution in [-0.2, 0) is 6.54 Å². The van der Waals surface area contributed by atoms with E-state index in [1.54, 1.807) is 30.6 Å². The Kier molecular flexibility index (Phi) is 4.74. The molecule has 0 radical (unpaired) electrons. The number of nitrogens with one attached hydrogen (secondary N) is 1. The summed E-state index contributed by atoms with van der Waals surface area (Å²) < 4.78 is 5.24. The van der Waals surface area contributed by atoms with Gasteiger partial charge in [0.15, 0.2) is 0 Å². The van der Waals surface area contributed by atoms with Gasteiger partial charge in [-0.15, -0.1) is 0 Å². The van der Waals surface area contributed by atoms with Crippen LogP contribution in [0.15, 0.2) is 65.4 Å². The summed E-state index contributed by atoms with van der Waals surface area (Å²) in [7, 11) is 1.57. The first kappa shape index (κ1) is 15.3. The van der Waals surface area contributed by atoms with Gasteiger partial charge in [0.1, 0.15) is 5.75 Å². The summed E-state index contributed by atoms with van der Waals surface area (Å²) in [4.78, 5) is 12.4. The van der Waals surface area contributed by atoms with Crippen LogP contribution in [-0.4, -0.2) is 13.0 Å². The second kappa shape index (κ2) is 7.11. The van der Waals surface area contributed by atoms with E-state index >= 15 is 0 Å². The van der Waals surface area contributed by atoms with Gasteiger partial charge in [-0.1, -0.05) is 36.4 Å². The molecule has 0 spiro atoms. The molecule has 23 heavy (non-hydrogen) atoms. The van der Waals surface area contributed by atoms with Crippen molar-refractivity contribution < 1.29 is 9.53 Å². The first-order valence-corrected chi connectivity index (χ1v) is 8.25. The summed E-state index contributed by atoms with van der Waals surface area (Å²) in [6.07, 6.45) is 0. The lowest BCUT2D eigenvalue weighted by Crippen LogP contribution is -2.23. The van der Waals surface area contributed by atoms with Crippen LogP contribution < -0.4 is 10.1 Å². The number of methoxy groups -OCH3 is 1. The minimum Gasteiger partial charge on any atom is -0.496 e. The summed E-state index contributed by atoms with van der Waals surface area (Å²) in [5.74, 6) is 0.443. The third kappa shape index (κ3) is 3.43. The highest BCUT2D eigenvalue weighted by Gasteiger charge is 2.12. The van der Waals surface area contributed by atoms with E-state index in [-0.39, 0.29) is 5.91 Å². The smallest absolute Gasteiger partial charge is 0.255 e. The van der Waals surface area contributed by atoms with Crippen molar-refractivity contribution in [2.45, 2.75) is 6.54 Å². The standard InChI is InChI=1S/C19H17NO2S/c1-22-18-9-5-4-8-17(18)19(21)20-12-14-6-2-3-7-16(14)15-10-11-23-13-15/h2-11,13H,12H2,1H3,(H,20,21). The quantitative estimate of drug-likeness (QED) is 0.758. The predicted octanol–water partition coefficient (Wildman–Crippen LogP) is 4.35. The van der Waals surface area contributed by atoms with E-state index < -0.39 is 0 Å². The first-order chi connectivity index (χ1) is 11.3. The van der Waals surface area contributed by atoms with E-state index in [1.807, 2.05) is 30.3 Å². The zero-order chi connectivity index (χ0) is 16.1. The maximum atomic E-state index is 12.4. The van der Waals surface area contributed by atoms with Gasteiger partial charge in [-0.05, 0) is 45.6 Å². The lowest BCUT2D eigenvalue weighted by molar-refractivity contribution is 0.0948. The summed E-state index contributed by atoms with van der Waals surface area (Å²) >= 11 is 1.67. The number of ether oxygens (including phenoxy) is 1. The zero-order valence-electron chi connectivity index (χ0n) is 12.8. The lowest BCUT2D eigenvalue weighted by Gasteiger charge is -2.11. The maximum Gasteiger partial charge on any atom is 0.255 e. The fourth-order valence-electron chi connectivity index (χ4n) is 2.48. The highest BCUT2D eigenvalue weighted by Crippen LogP contribution is 2.26. The third-order valence-corrected chi connectivity index (χ3v) is 4.32. The number of benzene rings is 2. The molecule has 0 fully saturated rings. The molecule has 0 saturated heterocycles. The Balaban J connectivity index is 1.78. The maximum absolute atomic E-state index is 12.4. The number of amides is 1. The van der Waals surface area contributed by atoms with Gasteiger partial charge in [0.25, 0.3) is 5.91 Å². The Morgan fingerprint density at radius 2 is 1.87 bits per heavy atom. The molecule has 0 aliphatic carbocycles. The van der Waals surface area contributed by atoms with Crippen LogP contribution in [0.2, 0.25) is 0 Å². The molecule has 3 rings (SSSR count). The van der Waals surface area contributed by atoms with Crippen molar-refractivity contribution in [3.8, 4) is 16.9 Å². The van der Waals surface area contributed by atoms with Crippen molar-refractivity contribution in [1.29, 1.82) is 0 Å². The summed E-state index contributed by atoms with van der Waals surface area (Å²) in [6, 6.07) is 17.4. The topological polar surface area (TPSA) is 38.3 Å². The van der Waals surface area contributed by atoms with Gasteiger partial charge in [-0.3, -0.25) is 4.79 Å². The normalized spacial score (nSPS) is 10.3. The minimum absolute atomic E-state index is 0.137. The molecule has 0 atom stereocenters. The van der Waals surface area contributed by atoms with Gasteiger partial charge < -0.3 is 10.1 Å². The molecule has 1 amide bonds. The van der Waals surface area contributed by atoms with E-state index in [9.17, 15) is 4.79 Å². The molecule has 0 unspecified atom stereocenters. The van der Waals surface area contributed by atoms with Crippen LogP contribution in [0.4, 0.5) is 0 Å². The number of thiophene rings is 1. The molecule has 3 aromatic rings. The van der Waals surface area contributed by atoms with E-state index in [4.69, 9.17) is 4.74 Å². The van der Waals surface area contributed by atoms with Gasteiger partial charge in [-0.2, -0.15) is 11.3 Å². The minimum atomic E-state index is -0.137. The Morgan fingerprint density at radius 3 is 2.65 bits per heavy atom. The van der Waals surface area contributed by atoms with Crippen LogP contribution in [0.1, 0.15) is 15.9 Å². The average Bonchev–Trinajstić information content (AvgIpc) is 3.14. The van der Waals surface area contributed by atoms with E-state index in [0.717, 1.165) is 11.1 Å². The van der Waals surface area contributed by atoms with Crippen LogP contribution in [0.25, 0.3) is 11.1 Å². The molecular formula is C19H17NO2S. The summed E-state index contributed by atoms with van der Waals surface area (Å²) in [5, 5.41) is 7.14. The molecule has 3 nitrogen and oxygen atoms in total. The number of rotatable bonds is 5.